The average Bonchev–Trinajstić information content (AvgIpc) is 2.35. The van der Waals surface area contributed by atoms with E-state index in [0.717, 1.165) is 12.8 Å². The zero-order valence-corrected chi connectivity index (χ0v) is 11.7. The van der Waals surface area contributed by atoms with Gasteiger partial charge < -0.3 is 0 Å². The van der Waals surface area contributed by atoms with Crippen LogP contribution in [0.2, 0.25) is 0 Å². The molecule has 3 heteroatoms. The first-order chi connectivity index (χ1) is 8.41. The fourth-order valence-electron chi connectivity index (χ4n) is 1.66. The molecule has 3 nitrogen and oxygen atoms in total. The van der Waals surface area contributed by atoms with Crippen LogP contribution in [0.25, 0.3) is 0 Å². The van der Waals surface area contributed by atoms with Gasteiger partial charge in [0.15, 0.2) is 0 Å². The van der Waals surface area contributed by atoms with E-state index in [1.807, 2.05) is 6.92 Å². The predicted molar refractivity (Wildman–Crippen MR) is 70.5 cm³/mol. The molecule has 0 aromatic rings. The Morgan fingerprint density at radius 3 is 1.65 bits per heavy atom. The molecule has 104 valence electrons. The molecule has 0 heterocycles. The molecule has 0 aromatic heterocycles. The lowest BCUT2D eigenvalue weighted by molar-refractivity contribution is -0.512. The van der Waals surface area contributed by atoms with E-state index in [2.05, 4.69) is 12.0 Å². The van der Waals surface area contributed by atoms with Gasteiger partial charge in [0.05, 0.1) is 13.2 Å². The van der Waals surface area contributed by atoms with Crippen LogP contribution in [-0.2, 0) is 14.8 Å². The van der Waals surface area contributed by atoms with Crippen molar-refractivity contribution in [3.05, 3.63) is 0 Å². The largest absolute Gasteiger partial charge is 0.206 e. The molecule has 0 atom stereocenters. The van der Waals surface area contributed by atoms with Crippen LogP contribution in [0.15, 0.2) is 0 Å². The Morgan fingerprint density at radius 2 is 1.06 bits per heavy atom. The molecule has 0 bridgehead atoms. The minimum absolute atomic E-state index is 0.595. The quantitative estimate of drug-likeness (QED) is 0.250. The van der Waals surface area contributed by atoms with E-state index >= 15 is 0 Å². The second-order valence-corrected chi connectivity index (χ2v) is 4.54. The van der Waals surface area contributed by atoms with Crippen molar-refractivity contribution in [3.8, 4) is 0 Å². The summed E-state index contributed by atoms with van der Waals surface area (Å²) < 4.78 is 0. The maximum atomic E-state index is 4.87. The van der Waals surface area contributed by atoms with E-state index in [9.17, 15) is 0 Å². The summed E-state index contributed by atoms with van der Waals surface area (Å²) in [6, 6.07) is 0. The van der Waals surface area contributed by atoms with Crippen molar-refractivity contribution in [2.75, 3.05) is 13.2 Å². The Morgan fingerprint density at radius 1 is 0.529 bits per heavy atom. The third-order valence-corrected chi connectivity index (χ3v) is 2.71. The lowest BCUT2D eigenvalue weighted by atomic mass is 10.1. The zero-order valence-electron chi connectivity index (χ0n) is 11.7. The van der Waals surface area contributed by atoms with Gasteiger partial charge in [0.25, 0.3) is 0 Å². The maximum absolute atomic E-state index is 4.87. The minimum Gasteiger partial charge on any atom is -0.206 e. The number of rotatable bonds is 14. The van der Waals surface area contributed by atoms with Gasteiger partial charge in [-0.15, -0.1) is 0 Å². The van der Waals surface area contributed by atoms with Crippen molar-refractivity contribution in [3.63, 3.8) is 0 Å². The van der Waals surface area contributed by atoms with Crippen LogP contribution in [0.4, 0.5) is 0 Å². The van der Waals surface area contributed by atoms with Crippen LogP contribution in [0.5, 0.6) is 0 Å². The molecule has 0 N–H and O–H groups in total. The highest BCUT2D eigenvalue weighted by molar-refractivity contribution is 4.46. The summed E-state index contributed by atoms with van der Waals surface area (Å²) in [4.78, 5) is 9.62. The van der Waals surface area contributed by atoms with Gasteiger partial charge in [-0.05, 0) is 12.8 Å². The molecule has 0 saturated carbocycles. The smallest absolute Gasteiger partial charge is 0.0853 e. The van der Waals surface area contributed by atoms with Crippen molar-refractivity contribution in [1.82, 2.24) is 0 Å². The second kappa shape index (κ2) is 15.9. The van der Waals surface area contributed by atoms with Gasteiger partial charge in [-0.1, -0.05) is 70.3 Å². The van der Waals surface area contributed by atoms with Crippen molar-refractivity contribution in [2.24, 2.45) is 0 Å². The minimum atomic E-state index is 0.595. The van der Waals surface area contributed by atoms with Crippen LogP contribution < -0.4 is 0 Å². The molecule has 0 spiro atoms. The summed E-state index contributed by atoms with van der Waals surface area (Å²) in [6.45, 7) is 5.52. The molecule has 17 heavy (non-hydrogen) atoms. The van der Waals surface area contributed by atoms with Gasteiger partial charge in [0, 0.05) is 0 Å². The fourth-order valence-corrected chi connectivity index (χ4v) is 1.66. The first kappa shape index (κ1) is 16.9. The van der Waals surface area contributed by atoms with Crippen LogP contribution in [0, 0.1) is 0 Å². The molecule has 0 fully saturated rings. The number of unbranched alkanes of at least 4 members (excludes halogenated alkanes) is 8. The second-order valence-electron chi connectivity index (χ2n) is 4.54. The SMILES string of the molecule is CCCCCCCCCCCOOOCCC. The highest BCUT2D eigenvalue weighted by atomic mass is 17.5. The van der Waals surface area contributed by atoms with Crippen molar-refractivity contribution < 1.29 is 14.8 Å². The molecule has 0 radical (unpaired) electrons. The number of hydrogen-bond donors (Lipinski definition) is 0. The lowest BCUT2D eigenvalue weighted by Crippen LogP contribution is -1.99. The van der Waals surface area contributed by atoms with Crippen molar-refractivity contribution >= 4 is 0 Å². The Kier molecular flexibility index (Phi) is 15.8. The molecule has 0 aromatic carbocycles. The van der Waals surface area contributed by atoms with Gasteiger partial charge in [-0.3, -0.25) is 0 Å². The zero-order chi connectivity index (χ0) is 12.6. The van der Waals surface area contributed by atoms with Gasteiger partial charge in [-0.2, -0.15) is 0 Å². The average molecular weight is 246 g/mol. The van der Waals surface area contributed by atoms with E-state index in [1.54, 1.807) is 0 Å². The summed E-state index contributed by atoms with van der Waals surface area (Å²) in [7, 11) is 0. The van der Waals surface area contributed by atoms with Gasteiger partial charge >= 0.3 is 0 Å². The van der Waals surface area contributed by atoms with Crippen LogP contribution in [-0.4, -0.2) is 13.2 Å². The maximum Gasteiger partial charge on any atom is 0.0853 e. The first-order valence-corrected chi connectivity index (χ1v) is 7.32. The molecule has 0 aliphatic rings. The van der Waals surface area contributed by atoms with E-state index in [-0.39, 0.29) is 0 Å². The van der Waals surface area contributed by atoms with E-state index in [1.165, 1.54) is 51.4 Å². The Hall–Kier alpha value is -0.120. The molecule has 0 rings (SSSR count). The third kappa shape index (κ3) is 15.9. The van der Waals surface area contributed by atoms with Crippen LogP contribution in [0.1, 0.15) is 78.1 Å². The van der Waals surface area contributed by atoms with Crippen LogP contribution in [0.3, 0.4) is 0 Å². The van der Waals surface area contributed by atoms with Gasteiger partial charge in [-0.25, -0.2) is 9.78 Å². The van der Waals surface area contributed by atoms with Gasteiger partial charge in [0.2, 0.25) is 0 Å². The summed E-state index contributed by atoms with van der Waals surface area (Å²) >= 11 is 0. The Labute approximate surface area is 107 Å². The normalized spacial score (nSPS) is 10.9. The van der Waals surface area contributed by atoms with Gasteiger partial charge in [0.1, 0.15) is 0 Å². The molecule has 0 aliphatic carbocycles. The Balaban J connectivity index is 2.85. The molecule has 0 saturated heterocycles. The monoisotopic (exact) mass is 246 g/mol. The highest BCUT2D eigenvalue weighted by Gasteiger charge is 1.93. The fraction of sp³-hybridized carbons (Fsp3) is 1.00. The molecular formula is C14H30O3. The summed E-state index contributed by atoms with van der Waals surface area (Å²) in [5.41, 5.74) is 0. The molecule has 0 unspecified atom stereocenters. The Bertz CT molecular complexity index is 115. The summed E-state index contributed by atoms with van der Waals surface area (Å²) in [6.07, 6.45) is 12.8. The first-order valence-electron chi connectivity index (χ1n) is 7.32. The standard InChI is InChI=1S/C14H30O3/c1-3-5-6-7-8-9-10-11-12-14-16-17-15-13-4-2/h3-14H2,1-2H3. The molecule has 0 amide bonds. The summed E-state index contributed by atoms with van der Waals surface area (Å²) in [5.74, 6) is 0. The van der Waals surface area contributed by atoms with E-state index < -0.39 is 0 Å². The lowest BCUT2D eigenvalue weighted by Gasteiger charge is -2.03. The summed E-state index contributed by atoms with van der Waals surface area (Å²) in [5, 5.41) is 4.55. The van der Waals surface area contributed by atoms with E-state index in [4.69, 9.17) is 9.78 Å². The highest BCUT2D eigenvalue weighted by Crippen LogP contribution is 2.09. The topological polar surface area (TPSA) is 27.7 Å². The number of hydrogen-bond acceptors (Lipinski definition) is 3. The van der Waals surface area contributed by atoms with Crippen molar-refractivity contribution in [2.45, 2.75) is 78.1 Å². The molecular weight excluding hydrogens is 216 g/mol. The van der Waals surface area contributed by atoms with Crippen molar-refractivity contribution in [1.29, 1.82) is 0 Å². The molecule has 0 aliphatic heterocycles. The van der Waals surface area contributed by atoms with Crippen LogP contribution >= 0.6 is 0 Å². The van der Waals surface area contributed by atoms with E-state index in [0.29, 0.717) is 13.2 Å². The third-order valence-electron chi connectivity index (χ3n) is 2.71. The predicted octanol–water partition coefficient (Wildman–Crippen LogP) is 4.81.